The molecule has 0 bridgehead atoms. The Labute approximate surface area is 135 Å². The molecule has 0 atom stereocenters. The van der Waals surface area contributed by atoms with Gasteiger partial charge in [-0.15, -0.1) is 0 Å². The first-order valence-electron chi connectivity index (χ1n) is 7.41. The number of hydrogen-bond donors (Lipinski definition) is 1. The van der Waals surface area contributed by atoms with Crippen molar-refractivity contribution in [2.45, 2.75) is 13.8 Å². The Morgan fingerprint density at radius 3 is 2.65 bits per heavy atom. The zero-order chi connectivity index (χ0) is 16.4. The van der Waals surface area contributed by atoms with E-state index in [1.165, 1.54) is 0 Å². The first-order valence-corrected chi connectivity index (χ1v) is 7.41. The van der Waals surface area contributed by atoms with Crippen LogP contribution in [0.15, 0.2) is 48.5 Å². The third-order valence-corrected chi connectivity index (χ3v) is 3.70. The zero-order valence-corrected chi connectivity index (χ0v) is 13.4. The second-order valence-electron chi connectivity index (χ2n) is 5.43. The number of rotatable bonds is 4. The van der Waals surface area contributed by atoms with Crippen LogP contribution in [-0.2, 0) is 0 Å². The number of methoxy groups -OCH3 is 1. The molecule has 3 aromatic rings. The van der Waals surface area contributed by atoms with Gasteiger partial charge >= 0.3 is 0 Å². The molecule has 0 radical (unpaired) electrons. The van der Waals surface area contributed by atoms with Gasteiger partial charge in [-0.3, -0.25) is 4.79 Å². The van der Waals surface area contributed by atoms with Crippen LogP contribution in [0.3, 0.4) is 0 Å². The number of fused-ring (bicyclic) bond motifs is 1. The standard InChI is InChI=1S/C19H18N2O2/c1-12-10-17(16-8-5-9-18(23-3)19(16)20-12)21-15-7-4-6-14(11-15)13(2)22/h4-11H,1-3H3,(H,20,21). The summed E-state index contributed by atoms with van der Waals surface area (Å²) in [6.07, 6.45) is 0. The Morgan fingerprint density at radius 1 is 1.13 bits per heavy atom. The van der Waals surface area contributed by atoms with E-state index in [2.05, 4.69) is 10.3 Å². The van der Waals surface area contributed by atoms with E-state index in [-0.39, 0.29) is 5.78 Å². The topological polar surface area (TPSA) is 51.2 Å². The summed E-state index contributed by atoms with van der Waals surface area (Å²) in [6.45, 7) is 3.51. The fourth-order valence-electron chi connectivity index (χ4n) is 2.59. The summed E-state index contributed by atoms with van der Waals surface area (Å²) >= 11 is 0. The Balaban J connectivity index is 2.10. The maximum absolute atomic E-state index is 11.5. The zero-order valence-electron chi connectivity index (χ0n) is 13.4. The predicted octanol–water partition coefficient (Wildman–Crippen LogP) is 4.50. The molecule has 0 aliphatic carbocycles. The number of nitrogens with one attached hydrogen (secondary N) is 1. The van der Waals surface area contributed by atoms with Gasteiger partial charge in [-0.1, -0.05) is 24.3 Å². The van der Waals surface area contributed by atoms with E-state index >= 15 is 0 Å². The van der Waals surface area contributed by atoms with E-state index in [1.54, 1.807) is 14.0 Å². The summed E-state index contributed by atoms with van der Waals surface area (Å²) in [7, 11) is 1.64. The van der Waals surface area contributed by atoms with Crippen molar-refractivity contribution in [2.75, 3.05) is 12.4 Å². The number of benzene rings is 2. The van der Waals surface area contributed by atoms with Crippen molar-refractivity contribution in [3.63, 3.8) is 0 Å². The lowest BCUT2D eigenvalue weighted by atomic mass is 10.1. The van der Waals surface area contributed by atoms with E-state index in [1.807, 2.05) is 55.5 Å². The minimum atomic E-state index is 0.0473. The lowest BCUT2D eigenvalue weighted by Gasteiger charge is -2.13. The largest absolute Gasteiger partial charge is 0.494 e. The summed E-state index contributed by atoms with van der Waals surface area (Å²) in [6, 6.07) is 15.3. The number of hydrogen-bond acceptors (Lipinski definition) is 4. The second-order valence-corrected chi connectivity index (χ2v) is 5.43. The highest BCUT2D eigenvalue weighted by Crippen LogP contribution is 2.31. The van der Waals surface area contributed by atoms with Gasteiger partial charge in [-0.05, 0) is 38.1 Å². The molecule has 0 fully saturated rings. The maximum atomic E-state index is 11.5. The number of carbonyl (C=O) groups is 1. The van der Waals surface area contributed by atoms with Gasteiger partial charge in [-0.2, -0.15) is 0 Å². The quantitative estimate of drug-likeness (QED) is 0.721. The Kier molecular flexibility index (Phi) is 3.98. The van der Waals surface area contributed by atoms with E-state index in [9.17, 15) is 4.79 Å². The molecule has 0 aliphatic rings. The van der Waals surface area contributed by atoms with Crippen molar-refractivity contribution < 1.29 is 9.53 Å². The van der Waals surface area contributed by atoms with E-state index in [4.69, 9.17) is 4.74 Å². The monoisotopic (exact) mass is 306 g/mol. The normalized spacial score (nSPS) is 10.6. The molecule has 116 valence electrons. The van der Waals surface area contributed by atoms with Crippen LogP contribution >= 0.6 is 0 Å². The molecule has 1 N–H and O–H groups in total. The number of aryl methyl sites for hydroxylation is 1. The van der Waals surface area contributed by atoms with Crippen molar-refractivity contribution in [1.82, 2.24) is 4.98 Å². The van der Waals surface area contributed by atoms with E-state index in [0.717, 1.165) is 33.7 Å². The molecule has 0 saturated heterocycles. The molecule has 4 heteroatoms. The molecule has 0 aliphatic heterocycles. The van der Waals surface area contributed by atoms with Crippen LogP contribution in [0.25, 0.3) is 10.9 Å². The number of pyridine rings is 1. The van der Waals surface area contributed by atoms with Gasteiger partial charge in [0, 0.05) is 28.0 Å². The van der Waals surface area contributed by atoms with Crippen molar-refractivity contribution in [2.24, 2.45) is 0 Å². The fourth-order valence-corrected chi connectivity index (χ4v) is 2.59. The Bertz CT molecular complexity index is 888. The molecule has 23 heavy (non-hydrogen) atoms. The van der Waals surface area contributed by atoms with Crippen LogP contribution < -0.4 is 10.1 Å². The summed E-state index contributed by atoms with van der Waals surface area (Å²) in [5.41, 5.74) is 4.20. The summed E-state index contributed by atoms with van der Waals surface area (Å²) < 4.78 is 5.40. The number of para-hydroxylation sites is 1. The number of Topliss-reactive ketones (excluding diaryl/α,β-unsaturated/α-hetero) is 1. The second kappa shape index (κ2) is 6.08. The molecule has 2 aromatic carbocycles. The minimum absolute atomic E-state index is 0.0473. The van der Waals surface area contributed by atoms with Crippen molar-refractivity contribution in [1.29, 1.82) is 0 Å². The first kappa shape index (κ1) is 15.0. The molecule has 0 spiro atoms. The summed E-state index contributed by atoms with van der Waals surface area (Å²) in [5.74, 6) is 0.790. The number of ether oxygens (including phenoxy) is 1. The number of anilines is 2. The highest BCUT2D eigenvalue weighted by atomic mass is 16.5. The molecule has 3 rings (SSSR count). The maximum Gasteiger partial charge on any atom is 0.159 e. The van der Waals surface area contributed by atoms with Crippen LogP contribution in [-0.4, -0.2) is 17.9 Å². The molecule has 0 unspecified atom stereocenters. The fraction of sp³-hybridized carbons (Fsp3) is 0.158. The van der Waals surface area contributed by atoms with Gasteiger partial charge in [0.15, 0.2) is 5.78 Å². The lowest BCUT2D eigenvalue weighted by Crippen LogP contribution is -1.98. The third kappa shape index (κ3) is 3.01. The van der Waals surface area contributed by atoms with Gasteiger partial charge < -0.3 is 10.1 Å². The van der Waals surface area contributed by atoms with Crippen LogP contribution in [0.5, 0.6) is 5.75 Å². The number of aromatic nitrogens is 1. The molecule has 1 heterocycles. The number of ketones is 1. The first-order chi connectivity index (χ1) is 11.1. The van der Waals surface area contributed by atoms with Gasteiger partial charge in [0.05, 0.1) is 7.11 Å². The molecule has 4 nitrogen and oxygen atoms in total. The van der Waals surface area contributed by atoms with Crippen molar-refractivity contribution in [3.05, 3.63) is 59.8 Å². The Morgan fingerprint density at radius 2 is 1.91 bits per heavy atom. The third-order valence-electron chi connectivity index (χ3n) is 3.70. The van der Waals surface area contributed by atoms with Gasteiger partial charge in [0.2, 0.25) is 0 Å². The van der Waals surface area contributed by atoms with Crippen molar-refractivity contribution >= 4 is 28.1 Å². The van der Waals surface area contributed by atoms with Gasteiger partial charge in [0.1, 0.15) is 11.3 Å². The van der Waals surface area contributed by atoms with Crippen LogP contribution in [0.2, 0.25) is 0 Å². The van der Waals surface area contributed by atoms with Crippen molar-refractivity contribution in [3.8, 4) is 5.75 Å². The lowest BCUT2D eigenvalue weighted by molar-refractivity contribution is 0.101. The van der Waals surface area contributed by atoms with E-state index in [0.29, 0.717) is 5.56 Å². The highest BCUT2D eigenvalue weighted by molar-refractivity contribution is 5.98. The molecule has 0 saturated carbocycles. The minimum Gasteiger partial charge on any atom is -0.494 e. The number of carbonyl (C=O) groups excluding carboxylic acids is 1. The predicted molar refractivity (Wildman–Crippen MR) is 92.8 cm³/mol. The van der Waals surface area contributed by atoms with Crippen LogP contribution in [0.1, 0.15) is 23.0 Å². The van der Waals surface area contributed by atoms with E-state index < -0.39 is 0 Å². The van der Waals surface area contributed by atoms with Gasteiger partial charge in [-0.25, -0.2) is 4.98 Å². The van der Waals surface area contributed by atoms with Crippen LogP contribution in [0.4, 0.5) is 11.4 Å². The number of nitrogens with zero attached hydrogens (tertiary/aromatic N) is 1. The highest BCUT2D eigenvalue weighted by Gasteiger charge is 2.09. The Hall–Kier alpha value is -2.88. The molecular formula is C19H18N2O2. The summed E-state index contributed by atoms with van der Waals surface area (Å²) in [4.78, 5) is 16.1. The molecular weight excluding hydrogens is 288 g/mol. The van der Waals surface area contributed by atoms with Crippen LogP contribution in [0, 0.1) is 6.92 Å². The summed E-state index contributed by atoms with van der Waals surface area (Å²) in [5, 5.41) is 4.36. The SMILES string of the molecule is COc1cccc2c(Nc3cccc(C(C)=O)c3)cc(C)nc12. The molecule has 1 aromatic heterocycles. The smallest absolute Gasteiger partial charge is 0.159 e. The molecule has 0 amide bonds. The average molecular weight is 306 g/mol. The van der Waals surface area contributed by atoms with Gasteiger partial charge in [0.25, 0.3) is 0 Å². The average Bonchev–Trinajstić information content (AvgIpc) is 2.54.